The Bertz CT molecular complexity index is 303. The average molecular weight is 210 g/mol. The van der Waals surface area contributed by atoms with Crippen molar-refractivity contribution in [2.24, 2.45) is 0 Å². The molecule has 1 N–H and O–H groups in total. The maximum Gasteiger partial charge on any atom is 0.211 e. The molecule has 2 rings (SSSR count). The van der Waals surface area contributed by atoms with Gasteiger partial charge in [0, 0.05) is 6.54 Å². The number of nitrogens with one attached hydrogen (secondary N) is 1. The summed E-state index contributed by atoms with van der Waals surface area (Å²) in [4.78, 5) is 4.14. The van der Waals surface area contributed by atoms with Crippen molar-refractivity contribution < 1.29 is 9.15 Å². The second-order valence-electron chi connectivity index (χ2n) is 4.92. The van der Waals surface area contributed by atoms with E-state index in [1.54, 1.807) is 12.5 Å². The summed E-state index contributed by atoms with van der Waals surface area (Å²) in [5, 5.41) is 3.35. The summed E-state index contributed by atoms with van der Waals surface area (Å²) < 4.78 is 11.2. The first kappa shape index (κ1) is 10.6. The molecule has 0 saturated carbocycles. The molecule has 0 spiro atoms. The molecule has 1 saturated heterocycles. The monoisotopic (exact) mass is 210 g/mol. The lowest BCUT2D eigenvalue weighted by Crippen LogP contribution is -2.28. The molecule has 4 nitrogen and oxygen atoms in total. The van der Waals surface area contributed by atoms with Crippen LogP contribution in [-0.2, 0) is 4.74 Å². The summed E-state index contributed by atoms with van der Waals surface area (Å²) in [5.41, 5.74) is -0.0855. The first-order valence-electron chi connectivity index (χ1n) is 5.35. The summed E-state index contributed by atoms with van der Waals surface area (Å²) >= 11 is 0. The first-order chi connectivity index (χ1) is 7.04. The number of hydrogen-bond donors (Lipinski definition) is 1. The molecule has 1 unspecified atom stereocenters. The van der Waals surface area contributed by atoms with Gasteiger partial charge >= 0.3 is 0 Å². The van der Waals surface area contributed by atoms with Crippen molar-refractivity contribution in [3.63, 3.8) is 0 Å². The van der Waals surface area contributed by atoms with Crippen LogP contribution in [-0.4, -0.2) is 23.2 Å². The van der Waals surface area contributed by atoms with Crippen LogP contribution in [0.25, 0.3) is 0 Å². The topological polar surface area (TPSA) is 47.3 Å². The van der Waals surface area contributed by atoms with E-state index in [0.717, 1.165) is 18.9 Å². The number of ether oxygens (including phenoxy) is 1. The number of aromatic nitrogens is 1. The fourth-order valence-corrected chi connectivity index (χ4v) is 1.89. The number of rotatable bonds is 2. The molecular formula is C11H18N2O2. The van der Waals surface area contributed by atoms with E-state index in [2.05, 4.69) is 31.1 Å². The Balaban J connectivity index is 1.90. The Kier molecular flexibility index (Phi) is 2.80. The molecule has 2 heterocycles. The van der Waals surface area contributed by atoms with Crippen LogP contribution < -0.4 is 5.32 Å². The Morgan fingerprint density at radius 1 is 1.53 bits per heavy atom. The van der Waals surface area contributed by atoms with Crippen LogP contribution in [0.15, 0.2) is 16.9 Å². The molecule has 0 aromatic carbocycles. The largest absolute Gasteiger partial charge is 0.447 e. The zero-order valence-corrected chi connectivity index (χ0v) is 9.49. The fraction of sp³-hybridized carbons (Fsp3) is 0.727. The van der Waals surface area contributed by atoms with Crippen molar-refractivity contribution in [3.8, 4) is 0 Å². The molecule has 0 aliphatic carbocycles. The predicted molar refractivity (Wildman–Crippen MR) is 56.5 cm³/mol. The molecule has 84 valence electrons. The molecular weight excluding hydrogens is 192 g/mol. The molecule has 0 radical (unpaired) electrons. The Labute approximate surface area is 90.0 Å². The van der Waals surface area contributed by atoms with Gasteiger partial charge in [0.05, 0.1) is 23.9 Å². The van der Waals surface area contributed by atoms with Crippen LogP contribution >= 0.6 is 0 Å². The zero-order chi connectivity index (χ0) is 10.9. The van der Waals surface area contributed by atoms with Crippen molar-refractivity contribution in [2.75, 3.05) is 6.54 Å². The fourth-order valence-electron chi connectivity index (χ4n) is 1.89. The molecule has 4 heteroatoms. The van der Waals surface area contributed by atoms with E-state index in [-0.39, 0.29) is 17.7 Å². The van der Waals surface area contributed by atoms with E-state index in [0.29, 0.717) is 0 Å². The van der Waals surface area contributed by atoms with E-state index in [4.69, 9.17) is 9.15 Å². The molecule has 1 aromatic rings. The SMILES string of the molecule is CC(C)(C)OC1CN[C@H](c2ncco2)C1. The molecule has 0 amide bonds. The number of oxazole rings is 1. The van der Waals surface area contributed by atoms with Gasteiger partial charge in [-0.3, -0.25) is 0 Å². The number of nitrogens with zero attached hydrogens (tertiary/aromatic N) is 1. The van der Waals surface area contributed by atoms with E-state index >= 15 is 0 Å². The third kappa shape index (κ3) is 2.79. The van der Waals surface area contributed by atoms with E-state index in [1.165, 1.54) is 0 Å². The van der Waals surface area contributed by atoms with Gasteiger partial charge in [0.15, 0.2) is 0 Å². The summed E-state index contributed by atoms with van der Waals surface area (Å²) in [7, 11) is 0. The lowest BCUT2D eigenvalue weighted by Gasteiger charge is -2.24. The average Bonchev–Trinajstić information content (AvgIpc) is 2.68. The lowest BCUT2D eigenvalue weighted by atomic mass is 10.1. The van der Waals surface area contributed by atoms with Crippen molar-refractivity contribution in [2.45, 2.75) is 44.9 Å². The van der Waals surface area contributed by atoms with Gasteiger partial charge in [-0.25, -0.2) is 4.98 Å². The standard InChI is InChI=1S/C11H18N2O2/c1-11(2,3)15-8-6-9(13-7-8)10-12-4-5-14-10/h4-5,8-9,13H,6-7H2,1-3H3/t8?,9-/m0/s1. The second-order valence-corrected chi connectivity index (χ2v) is 4.92. The maximum absolute atomic E-state index is 5.89. The number of hydrogen-bond acceptors (Lipinski definition) is 4. The van der Waals surface area contributed by atoms with Crippen LogP contribution in [0.1, 0.15) is 39.1 Å². The highest BCUT2D eigenvalue weighted by molar-refractivity contribution is 4.96. The highest BCUT2D eigenvalue weighted by atomic mass is 16.5. The summed E-state index contributed by atoms with van der Waals surface area (Å²) in [6.07, 6.45) is 4.46. The predicted octanol–water partition coefficient (Wildman–Crippen LogP) is 1.89. The highest BCUT2D eigenvalue weighted by Gasteiger charge is 2.31. The summed E-state index contributed by atoms with van der Waals surface area (Å²) in [5.74, 6) is 0.759. The third-order valence-corrected chi connectivity index (χ3v) is 2.36. The molecule has 1 aromatic heterocycles. The van der Waals surface area contributed by atoms with Crippen molar-refractivity contribution in [3.05, 3.63) is 18.4 Å². The maximum atomic E-state index is 5.89. The minimum absolute atomic E-state index is 0.0855. The van der Waals surface area contributed by atoms with E-state index in [1.807, 2.05) is 0 Å². The van der Waals surface area contributed by atoms with Gasteiger partial charge in [-0.2, -0.15) is 0 Å². The van der Waals surface area contributed by atoms with Crippen LogP contribution in [0.2, 0.25) is 0 Å². The molecule has 0 bridgehead atoms. The van der Waals surface area contributed by atoms with Crippen molar-refractivity contribution in [1.82, 2.24) is 10.3 Å². The molecule has 1 aliphatic rings. The Morgan fingerprint density at radius 3 is 2.93 bits per heavy atom. The third-order valence-electron chi connectivity index (χ3n) is 2.36. The van der Waals surface area contributed by atoms with Gasteiger partial charge in [0.2, 0.25) is 5.89 Å². The van der Waals surface area contributed by atoms with E-state index in [9.17, 15) is 0 Å². The van der Waals surface area contributed by atoms with Gasteiger partial charge < -0.3 is 14.5 Å². The van der Waals surface area contributed by atoms with Crippen LogP contribution in [0, 0.1) is 0 Å². The van der Waals surface area contributed by atoms with Crippen LogP contribution in [0.3, 0.4) is 0 Å². The van der Waals surface area contributed by atoms with Crippen molar-refractivity contribution in [1.29, 1.82) is 0 Å². The van der Waals surface area contributed by atoms with Crippen molar-refractivity contribution >= 4 is 0 Å². The summed E-state index contributed by atoms with van der Waals surface area (Å²) in [6.45, 7) is 7.09. The summed E-state index contributed by atoms with van der Waals surface area (Å²) in [6, 6.07) is 0.201. The van der Waals surface area contributed by atoms with E-state index < -0.39 is 0 Å². The molecule has 1 fully saturated rings. The Hall–Kier alpha value is -0.870. The van der Waals surface area contributed by atoms with Gasteiger partial charge in [0.1, 0.15) is 6.26 Å². The quantitative estimate of drug-likeness (QED) is 0.809. The zero-order valence-electron chi connectivity index (χ0n) is 9.49. The lowest BCUT2D eigenvalue weighted by molar-refractivity contribution is -0.0512. The van der Waals surface area contributed by atoms with Gasteiger partial charge in [-0.05, 0) is 27.2 Å². The van der Waals surface area contributed by atoms with Gasteiger partial charge in [-0.15, -0.1) is 0 Å². The minimum Gasteiger partial charge on any atom is -0.447 e. The van der Waals surface area contributed by atoms with Crippen LogP contribution in [0.5, 0.6) is 0 Å². The van der Waals surface area contributed by atoms with Gasteiger partial charge in [-0.1, -0.05) is 0 Å². The molecule has 1 aliphatic heterocycles. The minimum atomic E-state index is -0.0855. The highest BCUT2D eigenvalue weighted by Crippen LogP contribution is 2.26. The van der Waals surface area contributed by atoms with Crippen LogP contribution in [0.4, 0.5) is 0 Å². The second kappa shape index (κ2) is 3.94. The normalized spacial score (nSPS) is 27.1. The van der Waals surface area contributed by atoms with Gasteiger partial charge in [0.25, 0.3) is 0 Å². The first-order valence-corrected chi connectivity index (χ1v) is 5.35. The molecule has 15 heavy (non-hydrogen) atoms. The Morgan fingerprint density at radius 2 is 2.33 bits per heavy atom. The smallest absolute Gasteiger partial charge is 0.211 e. The molecule has 2 atom stereocenters.